The Morgan fingerprint density at radius 1 is 0.390 bits per heavy atom. The lowest BCUT2D eigenvalue weighted by molar-refractivity contribution is -0.153. The van der Waals surface area contributed by atoms with E-state index in [2.05, 4.69) is 69.2 Å². The summed E-state index contributed by atoms with van der Waals surface area (Å²) in [6.07, 6.45) is 12.1. The Morgan fingerprint density at radius 3 is 0.878 bits per heavy atom. The van der Waals surface area contributed by atoms with Crippen LogP contribution in [0.4, 0.5) is 0 Å². The van der Waals surface area contributed by atoms with Gasteiger partial charge in [-0.2, -0.15) is 0 Å². The fourth-order valence-electron chi connectivity index (χ4n) is 10.8. The van der Waals surface area contributed by atoms with E-state index in [1.165, 1.54) is 25.7 Å². The molecular formula is C37H68O4. The van der Waals surface area contributed by atoms with Crippen molar-refractivity contribution in [3.63, 3.8) is 0 Å². The van der Waals surface area contributed by atoms with Gasteiger partial charge in [-0.3, -0.25) is 0 Å². The molecule has 0 N–H and O–H groups in total. The first-order chi connectivity index (χ1) is 19.3. The van der Waals surface area contributed by atoms with Crippen LogP contribution in [0.3, 0.4) is 0 Å². The maximum absolute atomic E-state index is 6.97. The number of ether oxygens (including phenoxy) is 4. The van der Waals surface area contributed by atoms with Crippen LogP contribution in [-0.2, 0) is 18.9 Å². The van der Waals surface area contributed by atoms with Gasteiger partial charge >= 0.3 is 0 Å². The largest absolute Gasteiger partial charge is 0.381 e. The summed E-state index contributed by atoms with van der Waals surface area (Å²) >= 11 is 0. The Morgan fingerprint density at radius 2 is 0.634 bits per heavy atom. The van der Waals surface area contributed by atoms with Crippen molar-refractivity contribution in [3.05, 3.63) is 0 Å². The van der Waals surface area contributed by atoms with E-state index in [0.29, 0.717) is 89.4 Å². The van der Waals surface area contributed by atoms with E-state index < -0.39 is 0 Å². The van der Waals surface area contributed by atoms with Gasteiger partial charge < -0.3 is 18.9 Å². The molecule has 0 heterocycles. The molecule has 0 saturated heterocycles. The molecule has 0 amide bonds. The highest BCUT2D eigenvalue weighted by Crippen LogP contribution is 2.53. The summed E-state index contributed by atoms with van der Waals surface area (Å²) in [4.78, 5) is 0. The second-order valence-electron chi connectivity index (χ2n) is 16.8. The van der Waals surface area contributed by atoms with Crippen molar-refractivity contribution in [2.45, 2.75) is 157 Å². The standard InChI is InChI=1S/C37H68O4/c1-21-13-29(14-22(2)35(21)40-31-17-25(5)33(38-11)26(6)18-31)37(9,10)30-15-23(3)36(24(4)16-30)41-32-19-27(7)34(39-12)28(8)20-32/h21-36H,13-20H2,1-12H3. The predicted octanol–water partition coefficient (Wildman–Crippen LogP) is 9.05. The minimum atomic E-state index is 0.347. The molecule has 0 aromatic carbocycles. The third-order valence-electron chi connectivity index (χ3n) is 13.0. The zero-order chi connectivity index (χ0) is 30.2. The molecule has 4 heteroatoms. The van der Waals surface area contributed by atoms with E-state index in [4.69, 9.17) is 18.9 Å². The number of methoxy groups -OCH3 is 2. The van der Waals surface area contributed by atoms with Crippen molar-refractivity contribution >= 4 is 0 Å². The fraction of sp³-hybridized carbons (Fsp3) is 1.00. The maximum atomic E-state index is 6.97. The monoisotopic (exact) mass is 577 g/mol. The zero-order valence-electron chi connectivity index (χ0n) is 29.0. The molecule has 0 aromatic rings. The van der Waals surface area contributed by atoms with E-state index in [9.17, 15) is 0 Å². The van der Waals surface area contributed by atoms with Crippen molar-refractivity contribution in [2.24, 2.45) is 64.6 Å². The lowest BCUT2D eigenvalue weighted by atomic mass is 9.55. The summed E-state index contributed by atoms with van der Waals surface area (Å²) in [6.45, 7) is 24.5. The molecule has 0 radical (unpaired) electrons. The van der Waals surface area contributed by atoms with Crippen LogP contribution in [0.5, 0.6) is 0 Å². The summed E-state index contributed by atoms with van der Waals surface area (Å²) in [5.41, 5.74) is 0.347. The lowest BCUT2D eigenvalue weighted by Gasteiger charge is -2.53. The molecule has 4 aliphatic carbocycles. The summed E-state index contributed by atoms with van der Waals surface area (Å²) in [7, 11) is 3.75. The Hall–Kier alpha value is -0.160. The summed E-state index contributed by atoms with van der Waals surface area (Å²) in [5, 5.41) is 0. The van der Waals surface area contributed by atoms with Gasteiger partial charge in [0.2, 0.25) is 0 Å². The minimum Gasteiger partial charge on any atom is -0.381 e. The smallest absolute Gasteiger partial charge is 0.0630 e. The average Bonchev–Trinajstić information content (AvgIpc) is 2.87. The molecule has 4 fully saturated rings. The van der Waals surface area contributed by atoms with Crippen molar-refractivity contribution in [1.29, 1.82) is 0 Å². The third kappa shape index (κ3) is 7.39. The first-order valence-corrected chi connectivity index (χ1v) is 17.6. The molecule has 240 valence electrons. The van der Waals surface area contributed by atoms with Crippen molar-refractivity contribution in [3.8, 4) is 0 Å². The molecule has 0 aromatic heterocycles. The van der Waals surface area contributed by atoms with E-state index in [1.807, 2.05) is 14.2 Å². The highest BCUT2D eigenvalue weighted by molar-refractivity contribution is 4.98. The SMILES string of the molecule is COC1C(C)CC(OC2C(C)CC(C(C)(C)C3CC(C)C(OC4CC(C)C(OC)C(C)C4)C(C)C3)CC2C)CC1C. The van der Waals surface area contributed by atoms with Gasteiger partial charge in [0.15, 0.2) is 0 Å². The van der Waals surface area contributed by atoms with Gasteiger partial charge in [0, 0.05) is 14.2 Å². The van der Waals surface area contributed by atoms with E-state index in [0.717, 1.165) is 37.5 Å². The zero-order valence-corrected chi connectivity index (χ0v) is 29.0. The molecule has 4 nitrogen and oxygen atoms in total. The first-order valence-electron chi connectivity index (χ1n) is 17.6. The van der Waals surface area contributed by atoms with Gasteiger partial charge in [-0.15, -0.1) is 0 Å². The Balaban J connectivity index is 1.33. The number of hydrogen-bond donors (Lipinski definition) is 0. The lowest BCUT2D eigenvalue weighted by Crippen LogP contribution is -2.49. The van der Waals surface area contributed by atoms with Crippen LogP contribution in [0, 0.1) is 64.6 Å². The second-order valence-corrected chi connectivity index (χ2v) is 16.8. The maximum Gasteiger partial charge on any atom is 0.0630 e. The van der Waals surface area contributed by atoms with Crippen LogP contribution in [-0.4, -0.2) is 50.8 Å². The van der Waals surface area contributed by atoms with Crippen LogP contribution >= 0.6 is 0 Å². The summed E-state index contributed by atoms with van der Waals surface area (Å²) in [5.74, 6) is 6.31. The number of rotatable bonds is 8. The fourth-order valence-corrected chi connectivity index (χ4v) is 10.8. The average molecular weight is 577 g/mol. The van der Waals surface area contributed by atoms with Gasteiger partial charge in [-0.25, -0.2) is 0 Å². The topological polar surface area (TPSA) is 36.9 Å². The molecule has 8 atom stereocenters. The van der Waals surface area contributed by atoms with Crippen molar-refractivity contribution in [2.75, 3.05) is 14.2 Å². The second kappa shape index (κ2) is 13.9. The highest BCUT2D eigenvalue weighted by Gasteiger charge is 2.48. The molecule has 8 unspecified atom stereocenters. The normalized spacial score (nSPS) is 50.0. The van der Waals surface area contributed by atoms with Crippen LogP contribution < -0.4 is 0 Å². The molecule has 4 aliphatic rings. The Bertz CT molecular complexity index is 701. The molecule has 4 rings (SSSR count). The summed E-state index contributed by atoms with van der Waals surface area (Å²) in [6, 6.07) is 0. The highest BCUT2D eigenvalue weighted by atomic mass is 16.5. The predicted molar refractivity (Wildman–Crippen MR) is 170 cm³/mol. The Kier molecular flexibility index (Phi) is 11.4. The van der Waals surface area contributed by atoms with Gasteiger partial charge in [0.1, 0.15) is 0 Å². The third-order valence-corrected chi connectivity index (χ3v) is 13.0. The van der Waals surface area contributed by atoms with E-state index in [-0.39, 0.29) is 0 Å². The first kappa shape index (κ1) is 33.7. The van der Waals surface area contributed by atoms with Crippen LogP contribution in [0.1, 0.15) is 121 Å². The Labute approximate surface area is 254 Å². The molecular weight excluding hydrogens is 508 g/mol. The molecule has 41 heavy (non-hydrogen) atoms. The molecule has 0 bridgehead atoms. The van der Waals surface area contributed by atoms with Gasteiger partial charge in [-0.05, 0) is 116 Å². The van der Waals surface area contributed by atoms with Crippen LogP contribution in [0.2, 0.25) is 0 Å². The van der Waals surface area contributed by atoms with Crippen LogP contribution in [0.15, 0.2) is 0 Å². The van der Waals surface area contributed by atoms with Crippen LogP contribution in [0.25, 0.3) is 0 Å². The summed E-state index contributed by atoms with van der Waals surface area (Å²) < 4.78 is 25.6. The van der Waals surface area contributed by atoms with Gasteiger partial charge in [0.05, 0.1) is 36.6 Å². The van der Waals surface area contributed by atoms with Crippen molar-refractivity contribution in [1.82, 2.24) is 0 Å². The van der Waals surface area contributed by atoms with E-state index >= 15 is 0 Å². The van der Waals surface area contributed by atoms with Gasteiger partial charge in [-0.1, -0.05) is 69.2 Å². The molecule has 4 saturated carbocycles. The van der Waals surface area contributed by atoms with E-state index in [1.54, 1.807) is 0 Å². The minimum absolute atomic E-state index is 0.347. The molecule has 0 spiro atoms. The number of hydrogen-bond acceptors (Lipinski definition) is 4. The molecule has 0 aliphatic heterocycles. The quantitative estimate of drug-likeness (QED) is 0.289. The van der Waals surface area contributed by atoms with Crippen molar-refractivity contribution < 1.29 is 18.9 Å². The van der Waals surface area contributed by atoms with Gasteiger partial charge in [0.25, 0.3) is 0 Å².